The molecule has 2 aliphatic heterocycles. The molecule has 1 unspecified atom stereocenters. The SMILES string of the molecule is COc1cc(CN2CCC(CCCN3CCC(O)(C(=O)c4nc5ccccc5[nH]4)CC3)(Cc3ccc(F)cc3)C2=O)cc(OC)c1OC. The minimum atomic E-state index is -1.47. The van der Waals surface area contributed by atoms with Crippen molar-refractivity contribution >= 4 is 22.7 Å². The summed E-state index contributed by atoms with van der Waals surface area (Å²) in [5, 5.41) is 11.3. The number of Topliss-reactive ketones (excluding diaryl/α,β-unsaturated/α-hetero) is 1. The van der Waals surface area contributed by atoms with Crippen molar-refractivity contribution < 1.29 is 33.3 Å². The van der Waals surface area contributed by atoms with E-state index in [1.165, 1.54) is 12.1 Å². The summed E-state index contributed by atoms with van der Waals surface area (Å²) in [6.07, 6.45) is 3.24. The van der Waals surface area contributed by atoms with Crippen LogP contribution in [0.25, 0.3) is 11.0 Å². The van der Waals surface area contributed by atoms with Gasteiger partial charge in [0.1, 0.15) is 11.4 Å². The van der Waals surface area contributed by atoms with Gasteiger partial charge in [0.25, 0.3) is 0 Å². The van der Waals surface area contributed by atoms with E-state index in [1.54, 1.807) is 33.5 Å². The maximum atomic E-state index is 14.2. The van der Waals surface area contributed by atoms with E-state index in [4.69, 9.17) is 14.2 Å². The monoisotopic (exact) mass is 658 g/mol. The number of hydrogen-bond acceptors (Lipinski definition) is 8. The highest BCUT2D eigenvalue weighted by Gasteiger charge is 2.46. The number of aliphatic hydroxyl groups is 1. The third-order valence-corrected chi connectivity index (χ3v) is 9.99. The zero-order chi connectivity index (χ0) is 33.9. The number of carbonyl (C=O) groups excluding carboxylic acids is 2. The molecule has 10 nitrogen and oxygen atoms in total. The van der Waals surface area contributed by atoms with Gasteiger partial charge in [-0.15, -0.1) is 0 Å². The lowest BCUT2D eigenvalue weighted by Crippen LogP contribution is -2.50. The molecule has 2 saturated heterocycles. The fourth-order valence-corrected chi connectivity index (χ4v) is 7.26. The number of likely N-dealkylation sites (tertiary alicyclic amines) is 2. The molecule has 1 amide bonds. The summed E-state index contributed by atoms with van der Waals surface area (Å²) < 4.78 is 30.3. The van der Waals surface area contributed by atoms with Crippen molar-refractivity contribution in [1.29, 1.82) is 0 Å². The number of para-hydroxylation sites is 2. The van der Waals surface area contributed by atoms with Crippen LogP contribution < -0.4 is 14.2 Å². The van der Waals surface area contributed by atoms with Crippen LogP contribution in [0.3, 0.4) is 0 Å². The molecular weight excluding hydrogens is 615 g/mol. The first kappa shape index (κ1) is 33.4. The van der Waals surface area contributed by atoms with Crippen molar-refractivity contribution in [3.63, 3.8) is 0 Å². The van der Waals surface area contributed by atoms with Crippen LogP contribution in [0, 0.1) is 11.2 Å². The third-order valence-electron chi connectivity index (χ3n) is 9.99. The van der Waals surface area contributed by atoms with Crippen LogP contribution in [-0.2, 0) is 17.8 Å². The van der Waals surface area contributed by atoms with Gasteiger partial charge in [-0.1, -0.05) is 24.3 Å². The standard InChI is InChI=1S/C37H43FN4O6/c1-46-30-21-26(22-31(47-2)32(30)48-3)24-42-20-14-36(35(42)44,23-25-9-11-27(38)12-10-25)13-6-17-41-18-15-37(45,16-19-41)33(43)34-39-28-7-4-5-8-29(28)40-34/h4-5,7-12,21-22,45H,6,13-20,23-24H2,1-3H3,(H,39,40). The van der Waals surface area contributed by atoms with Crippen LogP contribution >= 0.6 is 0 Å². The summed E-state index contributed by atoms with van der Waals surface area (Å²) in [5.74, 6) is 1.14. The highest BCUT2D eigenvalue weighted by molar-refractivity contribution is 6.01. The molecule has 0 aliphatic carbocycles. The van der Waals surface area contributed by atoms with Gasteiger partial charge in [-0.25, -0.2) is 9.37 Å². The largest absolute Gasteiger partial charge is 0.493 e. The topological polar surface area (TPSA) is 117 Å². The molecule has 0 spiro atoms. The van der Waals surface area contributed by atoms with Crippen LogP contribution in [0.2, 0.25) is 0 Å². The minimum Gasteiger partial charge on any atom is -0.493 e. The quantitative estimate of drug-likeness (QED) is 0.189. The fourth-order valence-electron chi connectivity index (χ4n) is 7.26. The molecule has 1 aromatic heterocycles. The highest BCUT2D eigenvalue weighted by Crippen LogP contribution is 2.43. The van der Waals surface area contributed by atoms with E-state index >= 15 is 0 Å². The molecule has 4 aromatic rings. The summed E-state index contributed by atoms with van der Waals surface area (Å²) in [6.45, 7) is 2.85. The maximum absolute atomic E-state index is 14.2. The fraction of sp³-hybridized carbons (Fsp3) is 0.432. The molecule has 3 aromatic carbocycles. The van der Waals surface area contributed by atoms with Crippen molar-refractivity contribution in [3.05, 3.63) is 83.4 Å². The van der Waals surface area contributed by atoms with Gasteiger partial charge in [-0.3, -0.25) is 9.59 Å². The Kier molecular flexibility index (Phi) is 9.70. The van der Waals surface area contributed by atoms with Gasteiger partial charge >= 0.3 is 0 Å². The molecule has 0 radical (unpaired) electrons. The first-order valence-corrected chi connectivity index (χ1v) is 16.4. The second-order valence-electron chi connectivity index (χ2n) is 13.0. The van der Waals surface area contributed by atoms with E-state index in [0.717, 1.165) is 29.6 Å². The molecule has 6 rings (SSSR count). The van der Waals surface area contributed by atoms with E-state index in [2.05, 4.69) is 14.9 Å². The number of halogens is 1. The van der Waals surface area contributed by atoms with Crippen LogP contribution in [0.5, 0.6) is 17.2 Å². The number of benzene rings is 3. The predicted molar refractivity (Wildman–Crippen MR) is 179 cm³/mol. The van der Waals surface area contributed by atoms with E-state index in [0.29, 0.717) is 81.0 Å². The van der Waals surface area contributed by atoms with Crippen LogP contribution in [0.1, 0.15) is 53.8 Å². The zero-order valence-corrected chi connectivity index (χ0v) is 27.8. The van der Waals surface area contributed by atoms with Gasteiger partial charge in [-0.05, 0) is 92.6 Å². The van der Waals surface area contributed by atoms with Crippen molar-refractivity contribution in [2.45, 2.75) is 50.7 Å². The summed E-state index contributed by atoms with van der Waals surface area (Å²) >= 11 is 0. The molecule has 254 valence electrons. The van der Waals surface area contributed by atoms with Gasteiger partial charge in [0.05, 0.1) is 37.8 Å². The number of aromatic nitrogens is 2. The molecule has 1 atom stereocenters. The zero-order valence-electron chi connectivity index (χ0n) is 27.8. The third kappa shape index (κ3) is 6.75. The first-order valence-electron chi connectivity index (χ1n) is 16.4. The van der Waals surface area contributed by atoms with Crippen molar-refractivity contribution in [1.82, 2.24) is 19.8 Å². The Morgan fingerprint density at radius 2 is 1.62 bits per heavy atom. The Bertz CT molecular complexity index is 1710. The lowest BCUT2D eigenvalue weighted by molar-refractivity contribution is -0.137. The van der Waals surface area contributed by atoms with E-state index < -0.39 is 11.0 Å². The highest BCUT2D eigenvalue weighted by atomic mass is 19.1. The number of aromatic amines is 1. The van der Waals surface area contributed by atoms with Gasteiger partial charge in [-0.2, -0.15) is 0 Å². The average molecular weight is 659 g/mol. The number of ether oxygens (including phenoxy) is 3. The number of H-pyrrole nitrogens is 1. The molecule has 0 saturated carbocycles. The second kappa shape index (κ2) is 13.9. The number of nitrogens with zero attached hydrogens (tertiary/aromatic N) is 3. The number of methoxy groups -OCH3 is 3. The van der Waals surface area contributed by atoms with Crippen molar-refractivity contribution in [2.75, 3.05) is 47.5 Å². The Morgan fingerprint density at radius 3 is 2.27 bits per heavy atom. The molecule has 11 heteroatoms. The molecule has 2 fully saturated rings. The molecular formula is C37H43FN4O6. The van der Waals surface area contributed by atoms with E-state index in [-0.39, 0.29) is 23.3 Å². The summed E-state index contributed by atoms with van der Waals surface area (Å²) in [5.41, 5.74) is 1.15. The maximum Gasteiger partial charge on any atom is 0.229 e. The smallest absolute Gasteiger partial charge is 0.229 e. The minimum absolute atomic E-state index is 0.0741. The van der Waals surface area contributed by atoms with Gasteiger partial charge < -0.3 is 34.1 Å². The van der Waals surface area contributed by atoms with Crippen molar-refractivity contribution in [2.24, 2.45) is 5.41 Å². The Morgan fingerprint density at radius 1 is 0.938 bits per heavy atom. The van der Waals surface area contributed by atoms with E-state index in [9.17, 15) is 19.1 Å². The number of imidazole rings is 1. The Labute approximate surface area is 279 Å². The second-order valence-corrected chi connectivity index (χ2v) is 13.0. The van der Waals surface area contributed by atoms with Crippen molar-refractivity contribution in [3.8, 4) is 17.2 Å². The number of rotatable bonds is 13. The predicted octanol–water partition coefficient (Wildman–Crippen LogP) is 5.18. The molecule has 3 heterocycles. The normalized spacial score (nSPS) is 19.5. The molecule has 2 aliphatic rings. The van der Waals surface area contributed by atoms with Gasteiger partial charge in [0.2, 0.25) is 17.4 Å². The van der Waals surface area contributed by atoms with Crippen LogP contribution in [0.15, 0.2) is 60.7 Å². The van der Waals surface area contributed by atoms with E-state index in [1.807, 2.05) is 41.3 Å². The number of amides is 1. The molecule has 48 heavy (non-hydrogen) atoms. The number of fused-ring (bicyclic) bond motifs is 1. The van der Waals surface area contributed by atoms with Gasteiger partial charge in [0, 0.05) is 26.2 Å². The molecule has 2 N–H and O–H groups in total. The lowest BCUT2D eigenvalue weighted by atomic mass is 9.76. The average Bonchev–Trinajstić information content (AvgIpc) is 3.67. The summed E-state index contributed by atoms with van der Waals surface area (Å²) in [4.78, 5) is 39.1. The summed E-state index contributed by atoms with van der Waals surface area (Å²) in [6, 6.07) is 17.6. The van der Waals surface area contributed by atoms with Gasteiger partial charge in [0.15, 0.2) is 17.3 Å². The summed E-state index contributed by atoms with van der Waals surface area (Å²) in [7, 11) is 4.69. The lowest BCUT2D eigenvalue weighted by Gasteiger charge is -2.37. The van der Waals surface area contributed by atoms with Crippen LogP contribution in [-0.4, -0.2) is 89.7 Å². The molecule has 0 bridgehead atoms. The number of piperidine rings is 1. The first-order chi connectivity index (χ1) is 23.2. The van der Waals surface area contributed by atoms with Crippen LogP contribution in [0.4, 0.5) is 4.39 Å². The number of nitrogens with one attached hydrogen (secondary N) is 1. The Balaban J connectivity index is 1.11. The number of hydrogen-bond donors (Lipinski definition) is 2. The Hall–Kier alpha value is -4.48. The number of carbonyl (C=O) groups is 2. The number of ketones is 1.